The highest BCUT2D eigenvalue weighted by Gasteiger charge is 2.23. The van der Waals surface area contributed by atoms with Crippen molar-refractivity contribution in [3.8, 4) is 11.5 Å². The molecule has 0 aliphatic rings. The first kappa shape index (κ1) is 24.4. The molecule has 2 unspecified atom stereocenters. The molecular weight excluding hydrogens is 406 g/mol. The lowest BCUT2D eigenvalue weighted by Crippen LogP contribution is -2.21. The second-order valence-electron chi connectivity index (χ2n) is 8.08. The van der Waals surface area contributed by atoms with Gasteiger partial charge in [-0.1, -0.05) is 38.1 Å². The van der Waals surface area contributed by atoms with E-state index >= 15 is 0 Å². The summed E-state index contributed by atoms with van der Waals surface area (Å²) in [6, 6.07) is 15.5. The monoisotopic (exact) mass is 437 g/mol. The van der Waals surface area contributed by atoms with Crippen molar-refractivity contribution < 1.29 is 23.7 Å². The molecule has 0 bridgehead atoms. The Morgan fingerprint density at radius 3 is 1.77 bits per heavy atom. The summed E-state index contributed by atoms with van der Waals surface area (Å²) in [7, 11) is 0. The average Bonchev–Trinajstić information content (AvgIpc) is 2.75. The molecule has 0 aliphatic heterocycles. The molecule has 1 N–H and O–H groups in total. The van der Waals surface area contributed by atoms with Gasteiger partial charge in [0.1, 0.15) is 30.8 Å². The van der Waals surface area contributed by atoms with Crippen LogP contribution in [-0.4, -0.2) is 49.2 Å². The van der Waals surface area contributed by atoms with E-state index in [9.17, 15) is 9.50 Å². The van der Waals surface area contributed by atoms with Gasteiger partial charge in [0.25, 0.3) is 0 Å². The first-order valence-electron chi connectivity index (χ1n) is 10.2. The van der Waals surface area contributed by atoms with Crippen molar-refractivity contribution >= 4 is 11.6 Å². The normalized spacial score (nSPS) is 13.9. The lowest BCUT2D eigenvalue weighted by Gasteiger charge is -2.26. The summed E-state index contributed by atoms with van der Waals surface area (Å²) in [5.74, 6) is 1.45. The lowest BCUT2D eigenvalue weighted by molar-refractivity contribution is 0.0233. The molecule has 0 aromatic heterocycles. The highest BCUT2D eigenvalue weighted by molar-refractivity contribution is 6.18. The number of halogens is 2. The second kappa shape index (κ2) is 11.5. The molecule has 2 rings (SSSR count). The third-order valence-electron chi connectivity index (χ3n) is 4.81. The fraction of sp³-hybridized carbons (Fsp3) is 0.500. The van der Waals surface area contributed by atoms with Crippen LogP contribution in [0.4, 0.5) is 4.39 Å². The summed E-state index contributed by atoms with van der Waals surface area (Å²) in [6.07, 6.45) is -1.84. The molecule has 0 saturated carbocycles. The van der Waals surface area contributed by atoms with E-state index in [4.69, 9.17) is 25.8 Å². The van der Waals surface area contributed by atoms with E-state index in [1.807, 2.05) is 62.4 Å². The topological polar surface area (TPSA) is 47.9 Å². The van der Waals surface area contributed by atoms with Crippen molar-refractivity contribution in [3.63, 3.8) is 0 Å². The minimum Gasteiger partial charge on any atom is -0.491 e. The molecule has 0 radical (unpaired) electrons. The Bertz CT molecular complexity index is 747. The molecule has 0 spiro atoms. The van der Waals surface area contributed by atoms with Gasteiger partial charge in [0.2, 0.25) is 0 Å². The fourth-order valence-electron chi connectivity index (χ4n) is 2.87. The molecule has 0 amide bonds. The van der Waals surface area contributed by atoms with E-state index in [0.717, 1.165) is 11.1 Å². The van der Waals surface area contributed by atoms with Crippen LogP contribution in [-0.2, 0) is 10.2 Å². The molecule has 0 fully saturated rings. The fourth-order valence-corrected chi connectivity index (χ4v) is 2.96. The number of aliphatic hydroxyl groups excluding tert-OH is 1. The van der Waals surface area contributed by atoms with Gasteiger partial charge in [-0.15, -0.1) is 11.6 Å². The van der Waals surface area contributed by atoms with Gasteiger partial charge in [-0.25, -0.2) is 4.39 Å². The zero-order valence-electron chi connectivity index (χ0n) is 18.1. The van der Waals surface area contributed by atoms with E-state index < -0.39 is 12.3 Å². The SMILES string of the molecule is CC(C)OCC([18F])COc1ccc(C(C)(C)c2ccc(OCC(O)CCl)cc2)cc1. The van der Waals surface area contributed by atoms with E-state index in [1.165, 1.54) is 0 Å². The Kier molecular flexibility index (Phi) is 9.40. The summed E-state index contributed by atoms with van der Waals surface area (Å²) in [6.45, 7) is 8.19. The number of hydrogen-bond donors (Lipinski definition) is 1. The first-order chi connectivity index (χ1) is 14.2. The van der Waals surface area contributed by atoms with Crippen molar-refractivity contribution in [1.29, 1.82) is 0 Å². The van der Waals surface area contributed by atoms with Crippen LogP contribution in [0.3, 0.4) is 0 Å². The molecular formula is C24H32ClFO4. The maximum Gasteiger partial charge on any atom is 0.157 e. The Morgan fingerprint density at radius 1 is 0.867 bits per heavy atom. The Balaban J connectivity index is 1.95. The Morgan fingerprint density at radius 2 is 1.33 bits per heavy atom. The zero-order valence-corrected chi connectivity index (χ0v) is 18.9. The van der Waals surface area contributed by atoms with E-state index in [1.54, 1.807) is 0 Å². The predicted molar refractivity (Wildman–Crippen MR) is 119 cm³/mol. The summed E-state index contributed by atoms with van der Waals surface area (Å²) >= 11 is 5.58. The quantitative estimate of drug-likeness (QED) is 0.467. The highest BCUT2D eigenvalue weighted by Crippen LogP contribution is 2.33. The maximum atomic E-state index is 13.8. The lowest BCUT2D eigenvalue weighted by atomic mass is 9.78. The van der Waals surface area contributed by atoms with Crippen molar-refractivity contribution in [2.75, 3.05) is 25.7 Å². The molecule has 2 aromatic rings. The molecule has 166 valence electrons. The third-order valence-corrected chi connectivity index (χ3v) is 5.17. The van der Waals surface area contributed by atoms with Crippen LogP contribution in [0.25, 0.3) is 0 Å². The van der Waals surface area contributed by atoms with Crippen molar-refractivity contribution in [2.24, 2.45) is 0 Å². The standard InChI is InChI=1S/C24H32ClFO4/c1-17(2)28-14-20(26)15-29-22-9-5-18(6-10-22)24(3,4)19-7-11-23(12-8-19)30-16-21(27)13-25/h5-12,17,20-21,27H,13-16H2,1-4H3/i26-1. The van der Waals surface area contributed by atoms with Crippen LogP contribution in [0.2, 0.25) is 0 Å². The van der Waals surface area contributed by atoms with E-state index in [2.05, 4.69) is 13.8 Å². The summed E-state index contributed by atoms with van der Waals surface area (Å²) in [4.78, 5) is 0. The molecule has 0 aliphatic carbocycles. The summed E-state index contributed by atoms with van der Waals surface area (Å²) in [5.41, 5.74) is 2.00. The molecule has 2 atom stereocenters. The zero-order chi connectivity index (χ0) is 22.1. The van der Waals surface area contributed by atoms with Crippen LogP contribution in [0, 0.1) is 0 Å². The largest absolute Gasteiger partial charge is 0.491 e. The number of rotatable bonds is 12. The van der Waals surface area contributed by atoms with Crippen LogP contribution in [0.15, 0.2) is 48.5 Å². The van der Waals surface area contributed by atoms with E-state index in [-0.39, 0.29) is 37.2 Å². The Hall–Kier alpha value is -1.82. The van der Waals surface area contributed by atoms with Gasteiger partial charge in [-0.05, 0) is 49.2 Å². The molecule has 4 nitrogen and oxygen atoms in total. The number of hydrogen-bond acceptors (Lipinski definition) is 4. The van der Waals surface area contributed by atoms with Gasteiger partial charge >= 0.3 is 0 Å². The first-order valence-corrected chi connectivity index (χ1v) is 10.7. The smallest absolute Gasteiger partial charge is 0.157 e. The van der Waals surface area contributed by atoms with Gasteiger partial charge in [0, 0.05) is 5.41 Å². The van der Waals surface area contributed by atoms with Gasteiger partial charge in [0.15, 0.2) is 6.17 Å². The molecule has 0 heterocycles. The van der Waals surface area contributed by atoms with Gasteiger partial charge < -0.3 is 19.3 Å². The second-order valence-corrected chi connectivity index (χ2v) is 8.39. The number of ether oxygens (including phenoxy) is 3. The Labute approximate surface area is 183 Å². The predicted octanol–water partition coefficient (Wildman–Crippen LogP) is 5.13. The van der Waals surface area contributed by atoms with Gasteiger partial charge in [-0.3, -0.25) is 0 Å². The molecule has 30 heavy (non-hydrogen) atoms. The van der Waals surface area contributed by atoms with Crippen molar-refractivity contribution in [1.82, 2.24) is 0 Å². The van der Waals surface area contributed by atoms with Gasteiger partial charge in [-0.2, -0.15) is 0 Å². The highest BCUT2D eigenvalue weighted by atomic mass is 35.5. The average molecular weight is 438 g/mol. The van der Waals surface area contributed by atoms with Gasteiger partial charge in [0.05, 0.1) is 18.6 Å². The van der Waals surface area contributed by atoms with Crippen LogP contribution in [0.1, 0.15) is 38.8 Å². The molecule has 2 aromatic carbocycles. The molecule has 0 saturated heterocycles. The summed E-state index contributed by atoms with van der Waals surface area (Å²) in [5, 5.41) is 9.50. The summed E-state index contributed by atoms with van der Waals surface area (Å²) < 4.78 is 30.2. The van der Waals surface area contributed by atoms with E-state index in [0.29, 0.717) is 11.5 Å². The van der Waals surface area contributed by atoms with Crippen molar-refractivity contribution in [3.05, 3.63) is 59.7 Å². The number of alkyl halides is 2. The number of aliphatic hydroxyl groups is 1. The van der Waals surface area contributed by atoms with Crippen LogP contribution in [0.5, 0.6) is 11.5 Å². The third kappa shape index (κ3) is 7.46. The minimum atomic E-state index is -1.16. The van der Waals surface area contributed by atoms with Crippen LogP contribution < -0.4 is 9.47 Å². The maximum absolute atomic E-state index is 13.8. The van der Waals surface area contributed by atoms with Crippen LogP contribution >= 0.6 is 11.6 Å². The molecule has 6 heteroatoms. The minimum absolute atomic E-state index is 0.00243. The van der Waals surface area contributed by atoms with Crippen molar-refractivity contribution in [2.45, 2.75) is 51.5 Å². The number of benzene rings is 2.